The van der Waals surface area contributed by atoms with Gasteiger partial charge in [-0.2, -0.15) is 0 Å². The van der Waals surface area contributed by atoms with Crippen LogP contribution in [0, 0.1) is 5.82 Å². The molecule has 0 bridgehead atoms. The summed E-state index contributed by atoms with van der Waals surface area (Å²) in [7, 11) is 0. The van der Waals surface area contributed by atoms with Gasteiger partial charge in [-0.1, -0.05) is 18.2 Å². The van der Waals surface area contributed by atoms with Crippen molar-refractivity contribution in [3.05, 3.63) is 71.4 Å². The molecule has 22 heavy (non-hydrogen) atoms. The summed E-state index contributed by atoms with van der Waals surface area (Å²) >= 11 is 0. The summed E-state index contributed by atoms with van der Waals surface area (Å²) in [6.07, 6.45) is 4.60. The number of benzene rings is 1. The molecule has 1 aliphatic rings. The van der Waals surface area contributed by atoms with Gasteiger partial charge in [-0.15, -0.1) is 0 Å². The van der Waals surface area contributed by atoms with Crippen LogP contribution < -0.4 is 5.32 Å². The van der Waals surface area contributed by atoms with Gasteiger partial charge in [-0.05, 0) is 42.3 Å². The molecule has 0 saturated carbocycles. The van der Waals surface area contributed by atoms with E-state index in [2.05, 4.69) is 15.3 Å². The molecule has 5 heteroatoms. The van der Waals surface area contributed by atoms with Crippen LogP contribution in [0.2, 0.25) is 0 Å². The monoisotopic (exact) mass is 295 g/mol. The molecule has 110 valence electrons. The van der Waals surface area contributed by atoms with Gasteiger partial charge >= 0.3 is 0 Å². The van der Waals surface area contributed by atoms with E-state index in [1.807, 2.05) is 18.2 Å². The minimum absolute atomic E-state index is 0.222. The molecule has 2 aromatic rings. The Morgan fingerprint density at radius 2 is 1.91 bits per heavy atom. The first-order chi connectivity index (χ1) is 10.7. The van der Waals surface area contributed by atoms with Crippen LogP contribution in [0.5, 0.6) is 0 Å². The number of halogens is 1. The molecule has 0 aliphatic carbocycles. The van der Waals surface area contributed by atoms with E-state index in [1.54, 1.807) is 24.4 Å². The van der Waals surface area contributed by atoms with Gasteiger partial charge < -0.3 is 5.32 Å². The Labute approximate surface area is 127 Å². The lowest BCUT2D eigenvalue weighted by atomic mass is 10.1. The van der Waals surface area contributed by atoms with Crippen molar-refractivity contribution in [2.24, 2.45) is 4.99 Å². The molecule has 0 saturated heterocycles. The number of hydrogen-bond acceptors (Lipinski definition) is 3. The number of amidine groups is 1. The third-order valence-corrected chi connectivity index (χ3v) is 3.28. The summed E-state index contributed by atoms with van der Waals surface area (Å²) in [6.45, 7) is 0. The Morgan fingerprint density at radius 1 is 1.09 bits per heavy atom. The predicted molar refractivity (Wildman–Crippen MR) is 82.5 cm³/mol. The fourth-order valence-corrected chi connectivity index (χ4v) is 2.15. The van der Waals surface area contributed by atoms with E-state index in [1.165, 1.54) is 12.1 Å². The van der Waals surface area contributed by atoms with E-state index in [0.717, 1.165) is 5.56 Å². The average Bonchev–Trinajstić information content (AvgIpc) is 2.88. The fraction of sp³-hybridized carbons (Fsp3) is 0.118. The zero-order valence-corrected chi connectivity index (χ0v) is 11.8. The highest BCUT2D eigenvalue weighted by molar-refractivity contribution is 6.14. The molecule has 1 aromatic heterocycles. The second-order valence-corrected chi connectivity index (χ2v) is 4.92. The first-order valence-electron chi connectivity index (χ1n) is 6.97. The number of amides is 1. The lowest BCUT2D eigenvalue weighted by Crippen LogP contribution is -2.24. The maximum atomic E-state index is 12.8. The number of carbonyl (C=O) groups is 1. The molecule has 1 amide bonds. The van der Waals surface area contributed by atoms with Gasteiger partial charge in [-0.3, -0.25) is 9.78 Å². The zero-order chi connectivity index (χ0) is 15.4. The van der Waals surface area contributed by atoms with Crippen LogP contribution in [-0.4, -0.2) is 16.7 Å². The van der Waals surface area contributed by atoms with Crippen molar-refractivity contribution in [3.8, 4) is 0 Å². The van der Waals surface area contributed by atoms with Crippen LogP contribution in [0.3, 0.4) is 0 Å². The zero-order valence-electron chi connectivity index (χ0n) is 11.8. The summed E-state index contributed by atoms with van der Waals surface area (Å²) in [5, 5.41) is 2.75. The number of hydrogen-bond donors (Lipinski definition) is 1. The normalized spacial score (nSPS) is 15.8. The lowest BCUT2D eigenvalue weighted by Gasteiger charge is -2.01. The Bertz CT molecular complexity index is 736. The summed E-state index contributed by atoms with van der Waals surface area (Å²) in [6, 6.07) is 11.8. The Morgan fingerprint density at radius 3 is 2.64 bits per heavy atom. The topological polar surface area (TPSA) is 54.4 Å². The van der Waals surface area contributed by atoms with Crippen molar-refractivity contribution >= 4 is 17.8 Å². The molecule has 0 radical (unpaired) electrons. The number of pyridine rings is 1. The lowest BCUT2D eigenvalue weighted by molar-refractivity contribution is -0.115. The number of aryl methyl sites for hydroxylation is 1. The summed E-state index contributed by atoms with van der Waals surface area (Å²) < 4.78 is 12.8. The van der Waals surface area contributed by atoms with Crippen molar-refractivity contribution in [3.63, 3.8) is 0 Å². The first kappa shape index (κ1) is 14.1. The van der Waals surface area contributed by atoms with E-state index >= 15 is 0 Å². The second-order valence-electron chi connectivity index (χ2n) is 4.92. The molecule has 0 atom stereocenters. The molecule has 1 N–H and O–H groups in total. The minimum atomic E-state index is -0.254. The largest absolute Gasteiger partial charge is 0.309 e. The van der Waals surface area contributed by atoms with Gasteiger partial charge in [0.25, 0.3) is 5.91 Å². The quantitative estimate of drug-likeness (QED) is 0.882. The highest BCUT2D eigenvalue weighted by Crippen LogP contribution is 2.13. The van der Waals surface area contributed by atoms with Crippen molar-refractivity contribution < 1.29 is 9.18 Å². The SMILES string of the molecule is O=C1NC(CCc2ccc(F)cc2)=N/C1=C/c1ccccn1. The van der Waals surface area contributed by atoms with Crippen LogP contribution in [0.15, 0.2) is 59.4 Å². The van der Waals surface area contributed by atoms with Gasteiger partial charge in [0.05, 0.1) is 5.69 Å². The van der Waals surface area contributed by atoms with Gasteiger partial charge in [0, 0.05) is 12.6 Å². The second kappa shape index (κ2) is 6.30. The van der Waals surface area contributed by atoms with E-state index in [0.29, 0.717) is 30.1 Å². The van der Waals surface area contributed by atoms with Crippen molar-refractivity contribution in [1.29, 1.82) is 0 Å². The van der Waals surface area contributed by atoms with Gasteiger partial charge in [0.1, 0.15) is 17.3 Å². The summed E-state index contributed by atoms with van der Waals surface area (Å²) in [5.74, 6) is 0.145. The van der Waals surface area contributed by atoms with E-state index in [9.17, 15) is 9.18 Å². The third-order valence-electron chi connectivity index (χ3n) is 3.28. The van der Waals surface area contributed by atoms with Crippen molar-refractivity contribution in [2.45, 2.75) is 12.8 Å². The maximum Gasteiger partial charge on any atom is 0.275 e. The third kappa shape index (κ3) is 3.44. The number of carbonyl (C=O) groups excluding carboxylic acids is 1. The molecular formula is C17H14FN3O. The van der Waals surface area contributed by atoms with Crippen LogP contribution in [-0.2, 0) is 11.2 Å². The average molecular weight is 295 g/mol. The molecule has 0 fully saturated rings. The number of nitrogens with one attached hydrogen (secondary N) is 1. The van der Waals surface area contributed by atoms with Gasteiger partial charge in [-0.25, -0.2) is 9.38 Å². The van der Waals surface area contributed by atoms with Crippen LogP contribution >= 0.6 is 0 Å². The molecule has 0 spiro atoms. The highest BCUT2D eigenvalue weighted by Gasteiger charge is 2.19. The molecule has 4 nitrogen and oxygen atoms in total. The Balaban J connectivity index is 1.68. The Kier molecular flexibility index (Phi) is 4.05. The standard InChI is InChI=1S/C17H14FN3O/c18-13-7-4-12(5-8-13)6-9-16-20-15(17(22)21-16)11-14-3-1-2-10-19-14/h1-5,7-8,10-11H,6,9H2,(H,20,21,22)/b15-11+. The number of rotatable bonds is 4. The van der Waals surface area contributed by atoms with E-state index in [-0.39, 0.29) is 11.7 Å². The first-order valence-corrected chi connectivity index (χ1v) is 6.97. The smallest absolute Gasteiger partial charge is 0.275 e. The molecule has 2 heterocycles. The predicted octanol–water partition coefficient (Wildman–Crippen LogP) is 2.72. The van der Waals surface area contributed by atoms with Crippen molar-refractivity contribution in [1.82, 2.24) is 10.3 Å². The number of aromatic nitrogens is 1. The fourth-order valence-electron chi connectivity index (χ4n) is 2.15. The number of aliphatic imine (C=N–C) groups is 1. The molecular weight excluding hydrogens is 281 g/mol. The van der Waals surface area contributed by atoms with Crippen LogP contribution in [0.4, 0.5) is 4.39 Å². The summed E-state index contributed by atoms with van der Waals surface area (Å²) in [4.78, 5) is 20.3. The molecule has 0 unspecified atom stereocenters. The van der Waals surface area contributed by atoms with Crippen LogP contribution in [0.1, 0.15) is 17.7 Å². The van der Waals surface area contributed by atoms with Crippen molar-refractivity contribution in [2.75, 3.05) is 0 Å². The summed E-state index contributed by atoms with van der Waals surface area (Å²) in [5.41, 5.74) is 2.05. The van der Waals surface area contributed by atoms with Gasteiger partial charge in [0.15, 0.2) is 0 Å². The molecule has 1 aromatic carbocycles. The minimum Gasteiger partial charge on any atom is -0.309 e. The molecule has 1 aliphatic heterocycles. The van der Waals surface area contributed by atoms with Crippen LogP contribution in [0.25, 0.3) is 6.08 Å². The van der Waals surface area contributed by atoms with E-state index < -0.39 is 0 Å². The highest BCUT2D eigenvalue weighted by atomic mass is 19.1. The Hall–Kier alpha value is -2.82. The molecule has 3 rings (SSSR count). The maximum absolute atomic E-state index is 12.8. The van der Waals surface area contributed by atoms with E-state index in [4.69, 9.17) is 0 Å². The number of nitrogens with zero attached hydrogens (tertiary/aromatic N) is 2. The van der Waals surface area contributed by atoms with Gasteiger partial charge in [0.2, 0.25) is 0 Å².